The Morgan fingerprint density at radius 2 is 1.56 bits per heavy atom. The Labute approximate surface area is 224 Å². The quantitative estimate of drug-likeness (QED) is 0.472. The summed E-state index contributed by atoms with van der Waals surface area (Å²) in [5, 5.41) is 3.82. The number of hydrogen-bond donors (Lipinski definition) is 1. The molecule has 10 heteroatoms. The van der Waals surface area contributed by atoms with Gasteiger partial charge in [0.05, 0.1) is 0 Å². The number of pyridine rings is 1. The summed E-state index contributed by atoms with van der Waals surface area (Å²) in [5.74, 6) is -0.402. The second kappa shape index (κ2) is 10.8. The van der Waals surface area contributed by atoms with Crippen molar-refractivity contribution in [3.63, 3.8) is 0 Å². The third-order valence-corrected chi connectivity index (χ3v) is 6.77. The van der Waals surface area contributed by atoms with Gasteiger partial charge in [0.2, 0.25) is 11.4 Å². The van der Waals surface area contributed by atoms with Crippen molar-refractivity contribution in [1.82, 2.24) is 5.32 Å². The number of benzene rings is 2. The molecular formula is C29H29F3N5O2+. The number of allylic oxidation sites excluding steroid dienone is 1. The molecule has 0 saturated carbocycles. The van der Waals surface area contributed by atoms with Crippen molar-refractivity contribution in [3.8, 4) is 5.75 Å². The fourth-order valence-electron chi connectivity index (χ4n) is 4.80. The minimum atomic E-state index is -4.70. The van der Waals surface area contributed by atoms with Gasteiger partial charge in [0.1, 0.15) is 11.9 Å². The Bertz CT molecular complexity index is 1490. The number of halogens is 3. The number of amides is 1. The normalized spacial score (nSPS) is 15.2. The van der Waals surface area contributed by atoms with Gasteiger partial charge in [-0.15, -0.1) is 13.2 Å². The van der Waals surface area contributed by atoms with Gasteiger partial charge in [-0.25, -0.2) is 0 Å². The van der Waals surface area contributed by atoms with Crippen LogP contribution in [0.2, 0.25) is 0 Å². The van der Waals surface area contributed by atoms with E-state index in [-0.39, 0.29) is 11.7 Å². The van der Waals surface area contributed by atoms with Crippen molar-refractivity contribution in [2.75, 3.05) is 36.0 Å². The number of ether oxygens (including phenoxy) is 1. The highest BCUT2D eigenvalue weighted by atomic mass is 19.4. The van der Waals surface area contributed by atoms with Gasteiger partial charge < -0.3 is 19.9 Å². The number of aromatic nitrogens is 1. The van der Waals surface area contributed by atoms with Gasteiger partial charge >= 0.3 is 11.9 Å². The Morgan fingerprint density at radius 3 is 2.13 bits per heavy atom. The first-order valence-corrected chi connectivity index (χ1v) is 12.8. The molecule has 3 heterocycles. The van der Waals surface area contributed by atoms with Crippen LogP contribution in [0, 0.1) is 0 Å². The first-order chi connectivity index (χ1) is 18.7. The van der Waals surface area contributed by atoms with Crippen LogP contribution in [0.25, 0.3) is 12.3 Å². The zero-order valence-electron chi connectivity index (χ0n) is 21.5. The lowest BCUT2D eigenvalue weighted by Gasteiger charge is -2.37. The summed E-state index contributed by atoms with van der Waals surface area (Å²) in [4.78, 5) is 22.0. The van der Waals surface area contributed by atoms with E-state index >= 15 is 0 Å². The number of carbonyl (C=O) groups excluding carboxylic acids is 1. The van der Waals surface area contributed by atoms with Crippen LogP contribution in [-0.4, -0.2) is 38.4 Å². The lowest BCUT2D eigenvalue weighted by Crippen LogP contribution is -2.52. The molecule has 2 aliphatic heterocycles. The van der Waals surface area contributed by atoms with Gasteiger partial charge in [-0.2, -0.15) is 4.57 Å². The molecule has 0 spiro atoms. The lowest BCUT2D eigenvalue weighted by molar-refractivity contribution is -0.592. The lowest BCUT2D eigenvalue weighted by atomic mass is 10.1. The van der Waals surface area contributed by atoms with Crippen LogP contribution in [0.4, 0.5) is 24.5 Å². The molecule has 0 unspecified atom stereocenters. The largest absolute Gasteiger partial charge is 0.573 e. The molecule has 1 saturated heterocycles. The van der Waals surface area contributed by atoms with E-state index in [1.807, 2.05) is 49.5 Å². The maximum atomic E-state index is 13.1. The first-order valence-electron chi connectivity index (χ1n) is 12.8. The highest BCUT2D eigenvalue weighted by molar-refractivity contribution is 6.10. The topological polar surface area (TPSA) is 61.0 Å². The van der Waals surface area contributed by atoms with Gasteiger partial charge in [-0.05, 0) is 53.0 Å². The predicted octanol–water partition coefficient (Wildman–Crippen LogP) is 3.14. The molecule has 7 nitrogen and oxygen atoms in total. The molecule has 0 bridgehead atoms. The van der Waals surface area contributed by atoms with E-state index in [0.29, 0.717) is 18.7 Å². The molecule has 5 rings (SSSR count). The number of carbonyl (C=O) groups is 1. The number of fused-ring (bicyclic) bond motifs is 1. The summed E-state index contributed by atoms with van der Waals surface area (Å²) in [7, 11) is 0. The van der Waals surface area contributed by atoms with Crippen LogP contribution in [0.3, 0.4) is 0 Å². The summed E-state index contributed by atoms with van der Waals surface area (Å²) < 4.78 is 42.9. The summed E-state index contributed by atoms with van der Waals surface area (Å²) in [6, 6.07) is 17.8. The summed E-state index contributed by atoms with van der Waals surface area (Å²) in [6.45, 7) is 9.36. The molecule has 0 radical (unpaired) electrons. The molecule has 202 valence electrons. The summed E-state index contributed by atoms with van der Waals surface area (Å²) in [6.07, 6.45) is -2.22. The van der Waals surface area contributed by atoms with Crippen LogP contribution < -0.4 is 35.1 Å². The van der Waals surface area contributed by atoms with Crippen molar-refractivity contribution >= 4 is 29.6 Å². The number of rotatable bonds is 7. The van der Waals surface area contributed by atoms with Crippen LogP contribution in [0.15, 0.2) is 77.5 Å². The molecular weight excluding hydrogens is 507 g/mol. The van der Waals surface area contributed by atoms with E-state index < -0.39 is 6.36 Å². The van der Waals surface area contributed by atoms with Crippen molar-refractivity contribution in [2.45, 2.75) is 26.3 Å². The number of nitrogens with one attached hydrogen (secondary N) is 1. The minimum Gasteiger partial charge on any atom is -0.406 e. The Hall–Kier alpha value is -4.34. The number of hydrogen-bond acceptors (Lipinski definition) is 5. The average Bonchev–Trinajstić information content (AvgIpc) is 3.29. The van der Waals surface area contributed by atoms with Crippen molar-refractivity contribution < 1.29 is 27.3 Å². The minimum absolute atomic E-state index is 0.178. The highest BCUT2D eigenvalue weighted by Crippen LogP contribution is 2.26. The standard InChI is InChI=1S/C29H28F3N5O2/c1-3-25-27(37-19-20(2)4-13-26(37)34-25)28(38)33-18-21-5-7-22(8-6-21)35-14-16-36(17-15-35)23-9-11-24(12-10-23)39-29(30,31)32/h4-13,19H,2-3,14-18H2,1H3/p+1. The third kappa shape index (κ3) is 6.05. The number of anilines is 2. The summed E-state index contributed by atoms with van der Waals surface area (Å²) in [5.41, 5.74) is 4.93. The van der Waals surface area contributed by atoms with E-state index in [0.717, 1.165) is 59.5 Å². The van der Waals surface area contributed by atoms with Crippen molar-refractivity contribution in [1.29, 1.82) is 0 Å². The van der Waals surface area contributed by atoms with Gasteiger partial charge in [-0.3, -0.25) is 4.79 Å². The number of nitrogens with zero attached hydrogens (tertiary/aromatic N) is 4. The van der Waals surface area contributed by atoms with Gasteiger partial charge in [0, 0.05) is 61.8 Å². The van der Waals surface area contributed by atoms with E-state index in [4.69, 9.17) is 0 Å². The molecule has 3 aromatic rings. The SMILES string of the molecule is C=c1ccc2[n+](c1)C(C(=O)NCc1ccc(N3CCN(c4ccc(OC(F)(F)F)cc4)CC3)cc1)=C(CC)N=2. The molecule has 0 aliphatic carbocycles. The second-order valence-corrected chi connectivity index (χ2v) is 9.39. The molecule has 1 N–H and O–H groups in total. The molecule has 2 aromatic carbocycles. The zero-order chi connectivity index (χ0) is 27.6. The Kier molecular flexibility index (Phi) is 7.28. The molecule has 0 atom stereocenters. The highest BCUT2D eigenvalue weighted by Gasteiger charge is 2.32. The average molecular weight is 537 g/mol. The van der Waals surface area contributed by atoms with Gasteiger partial charge in [-0.1, -0.05) is 25.6 Å². The Morgan fingerprint density at radius 1 is 0.974 bits per heavy atom. The van der Waals surface area contributed by atoms with E-state index in [9.17, 15) is 18.0 Å². The van der Waals surface area contributed by atoms with Crippen LogP contribution >= 0.6 is 0 Å². The van der Waals surface area contributed by atoms with Gasteiger partial charge in [0.25, 0.3) is 5.91 Å². The number of piperazine rings is 1. The van der Waals surface area contributed by atoms with E-state index in [1.165, 1.54) is 12.1 Å². The van der Waals surface area contributed by atoms with Crippen LogP contribution in [-0.2, 0) is 11.3 Å². The molecule has 39 heavy (non-hydrogen) atoms. The Balaban J connectivity index is 1.15. The van der Waals surface area contributed by atoms with Crippen LogP contribution in [0.1, 0.15) is 18.9 Å². The monoisotopic (exact) mass is 536 g/mol. The smallest absolute Gasteiger partial charge is 0.406 e. The second-order valence-electron chi connectivity index (χ2n) is 9.39. The molecule has 2 aliphatic rings. The predicted molar refractivity (Wildman–Crippen MR) is 142 cm³/mol. The van der Waals surface area contributed by atoms with E-state index in [2.05, 4.69) is 31.4 Å². The fraction of sp³-hybridized carbons (Fsp3) is 0.276. The van der Waals surface area contributed by atoms with Gasteiger partial charge in [0.15, 0.2) is 0 Å². The molecule has 1 fully saturated rings. The van der Waals surface area contributed by atoms with Crippen molar-refractivity contribution in [3.05, 3.63) is 88.8 Å². The van der Waals surface area contributed by atoms with Crippen molar-refractivity contribution in [2.24, 2.45) is 4.99 Å². The molecule has 1 aromatic heterocycles. The fourth-order valence-corrected chi connectivity index (χ4v) is 4.80. The summed E-state index contributed by atoms with van der Waals surface area (Å²) >= 11 is 0. The number of alkyl halides is 3. The molecule has 1 amide bonds. The maximum absolute atomic E-state index is 13.1. The van der Waals surface area contributed by atoms with Crippen LogP contribution in [0.5, 0.6) is 5.75 Å². The maximum Gasteiger partial charge on any atom is 0.573 e. The van der Waals surface area contributed by atoms with E-state index in [1.54, 1.807) is 16.7 Å². The first kappa shape index (κ1) is 26.3. The zero-order valence-corrected chi connectivity index (χ0v) is 21.5. The third-order valence-electron chi connectivity index (χ3n) is 6.77.